The van der Waals surface area contributed by atoms with Crippen molar-refractivity contribution in [1.29, 1.82) is 5.41 Å². The number of carbonyl (C=O) groups excluding carboxylic acids is 5. The fourth-order valence-electron chi connectivity index (χ4n) is 5.65. The summed E-state index contributed by atoms with van der Waals surface area (Å²) >= 11 is 0. The summed E-state index contributed by atoms with van der Waals surface area (Å²) in [5.41, 5.74) is 13.3. The number of rotatable bonds is 20. The van der Waals surface area contributed by atoms with Crippen molar-refractivity contribution in [3.8, 4) is 5.75 Å². The number of aromatic hydroxyl groups is 1. The van der Waals surface area contributed by atoms with Crippen LogP contribution in [0.4, 0.5) is 4.79 Å². The van der Waals surface area contributed by atoms with Crippen LogP contribution in [0.2, 0.25) is 0 Å². The molecule has 0 spiro atoms. The van der Waals surface area contributed by atoms with Gasteiger partial charge < -0.3 is 47.9 Å². The summed E-state index contributed by atoms with van der Waals surface area (Å²) in [6.07, 6.45) is 1.62. The molecule has 0 aliphatic heterocycles. The van der Waals surface area contributed by atoms with Crippen LogP contribution in [0.3, 0.4) is 0 Å². The number of carbonyl (C=O) groups is 5. The number of nitrogens with two attached hydrogens (primary N) is 2. The maximum Gasteiger partial charge on any atom is 0.407 e. The van der Waals surface area contributed by atoms with Crippen LogP contribution in [0.15, 0.2) is 42.5 Å². The minimum absolute atomic E-state index is 0.0685. The average molecular weight is 739 g/mol. The van der Waals surface area contributed by atoms with Crippen molar-refractivity contribution in [3.63, 3.8) is 0 Å². The van der Waals surface area contributed by atoms with Crippen LogP contribution in [0.25, 0.3) is 0 Å². The van der Waals surface area contributed by atoms with E-state index in [9.17, 15) is 29.1 Å². The number of alkyl carbamates (subject to hydrolysis) is 1. The lowest BCUT2D eigenvalue weighted by Gasteiger charge is -2.26. The summed E-state index contributed by atoms with van der Waals surface area (Å²) in [4.78, 5) is 65.9. The molecule has 2 rings (SSSR count). The van der Waals surface area contributed by atoms with Crippen LogP contribution in [0.1, 0.15) is 82.1 Å². The third kappa shape index (κ3) is 16.7. The lowest BCUT2D eigenvalue weighted by atomic mass is 9.94. The van der Waals surface area contributed by atoms with E-state index in [1.807, 2.05) is 6.07 Å². The Kier molecular flexibility index (Phi) is 17.6. The van der Waals surface area contributed by atoms with Gasteiger partial charge in [-0.2, -0.15) is 0 Å². The Morgan fingerprint density at radius 1 is 0.774 bits per heavy atom. The minimum atomic E-state index is -1.13. The van der Waals surface area contributed by atoms with Crippen LogP contribution in [0, 0.1) is 25.2 Å². The molecule has 0 unspecified atom stereocenters. The first kappa shape index (κ1) is 43.8. The molecule has 0 bridgehead atoms. The second kappa shape index (κ2) is 21.2. The standard InChI is InChI=1S/C38H58N8O7/c1-23(13-12-18-42-36(40)41)33(49)46-31(22-28-24(2)19-27(47)20-25(28)3)35(51)44-29(16-10-11-17-43-37(52)53-38(4,5)6)34(50)45-30(32(39)48)21-26-14-8-7-9-15-26/h7-9,14-15,19-20,23,29-31,47H,10-13,16-18,21-22H2,1-6H3,(H2,39,48)(H,43,52)(H,44,51)(H,45,50)(H,46,49)(H4,40,41,42)/t23-,29+,30+,31+/m1/s1. The first-order valence-electron chi connectivity index (χ1n) is 17.9. The highest BCUT2D eigenvalue weighted by Crippen LogP contribution is 2.22. The SMILES string of the molecule is Cc1cc(O)cc(C)c1C[C@H](NC(=O)[C@H](C)CCCNC(=N)N)C(=O)N[C@@H](CCCCNC(=O)OC(C)(C)C)C(=O)N[C@@H](Cc1ccccc1)C(N)=O. The molecule has 0 saturated heterocycles. The second-order valence-electron chi connectivity index (χ2n) is 14.3. The first-order valence-corrected chi connectivity index (χ1v) is 17.9. The van der Waals surface area contributed by atoms with Gasteiger partial charge in [-0.3, -0.25) is 24.6 Å². The predicted octanol–water partition coefficient (Wildman–Crippen LogP) is 2.33. The van der Waals surface area contributed by atoms with Crippen molar-refractivity contribution < 1.29 is 33.8 Å². The third-order valence-corrected chi connectivity index (χ3v) is 8.46. The normalized spacial score (nSPS) is 13.4. The van der Waals surface area contributed by atoms with Crippen molar-refractivity contribution >= 4 is 35.7 Å². The molecule has 5 amide bonds. The van der Waals surface area contributed by atoms with E-state index in [4.69, 9.17) is 21.6 Å². The summed E-state index contributed by atoms with van der Waals surface area (Å²) in [6.45, 7) is 11.2. The molecule has 0 saturated carbocycles. The molecule has 4 atom stereocenters. The first-order chi connectivity index (χ1) is 24.9. The number of benzene rings is 2. The number of ether oxygens (including phenoxy) is 1. The largest absolute Gasteiger partial charge is 0.508 e. The van der Waals surface area contributed by atoms with Crippen LogP contribution < -0.4 is 38.1 Å². The number of guanidine groups is 1. The van der Waals surface area contributed by atoms with E-state index >= 15 is 0 Å². The van der Waals surface area contributed by atoms with Crippen molar-refractivity contribution in [2.24, 2.45) is 17.4 Å². The van der Waals surface area contributed by atoms with Gasteiger partial charge in [-0.25, -0.2) is 4.79 Å². The van der Waals surface area contributed by atoms with E-state index in [1.54, 1.807) is 77.9 Å². The monoisotopic (exact) mass is 738 g/mol. The molecule has 0 aromatic heterocycles. The fraction of sp³-hybridized carbons (Fsp3) is 0.526. The zero-order valence-electron chi connectivity index (χ0n) is 31.8. The van der Waals surface area contributed by atoms with Gasteiger partial charge >= 0.3 is 6.09 Å². The van der Waals surface area contributed by atoms with Crippen molar-refractivity contribution in [2.75, 3.05) is 13.1 Å². The van der Waals surface area contributed by atoms with Crippen molar-refractivity contribution in [1.82, 2.24) is 26.6 Å². The van der Waals surface area contributed by atoms with Gasteiger partial charge in [0.25, 0.3) is 0 Å². The number of nitrogens with one attached hydrogen (secondary N) is 6. The average Bonchev–Trinajstić information content (AvgIpc) is 3.05. The number of aryl methyl sites for hydroxylation is 2. The minimum Gasteiger partial charge on any atom is -0.508 e. The van der Waals surface area contributed by atoms with Gasteiger partial charge in [-0.15, -0.1) is 0 Å². The quantitative estimate of drug-likeness (QED) is 0.0549. The van der Waals surface area contributed by atoms with Gasteiger partial charge in [0.15, 0.2) is 5.96 Å². The Balaban J connectivity index is 2.31. The molecule has 0 radical (unpaired) electrons. The lowest BCUT2D eigenvalue weighted by Crippen LogP contribution is -2.57. The van der Waals surface area contributed by atoms with Gasteiger partial charge in [0.05, 0.1) is 0 Å². The second-order valence-corrected chi connectivity index (χ2v) is 14.3. The maximum atomic E-state index is 14.1. The van der Waals surface area contributed by atoms with Crippen molar-refractivity contribution in [2.45, 2.75) is 110 Å². The highest BCUT2D eigenvalue weighted by atomic mass is 16.6. The van der Waals surface area contributed by atoms with Crippen LogP contribution in [-0.2, 0) is 36.8 Å². The number of primary amides is 1. The van der Waals surface area contributed by atoms with E-state index < -0.39 is 53.5 Å². The van der Waals surface area contributed by atoms with E-state index in [1.165, 1.54) is 0 Å². The Labute approximate surface area is 312 Å². The summed E-state index contributed by atoms with van der Waals surface area (Å²) in [6, 6.07) is 8.90. The van der Waals surface area contributed by atoms with E-state index in [2.05, 4.69) is 26.6 Å². The summed E-state index contributed by atoms with van der Waals surface area (Å²) in [5, 5.41) is 31.2. The number of phenolic OH excluding ortho intramolecular Hbond substituents is 1. The number of amides is 5. The smallest absolute Gasteiger partial charge is 0.407 e. The number of hydrogen-bond donors (Lipinski definition) is 9. The Morgan fingerprint density at radius 2 is 1.34 bits per heavy atom. The Morgan fingerprint density at radius 3 is 1.92 bits per heavy atom. The number of phenols is 1. The number of hydrogen-bond acceptors (Lipinski definition) is 8. The molecule has 15 heteroatoms. The van der Waals surface area contributed by atoms with Gasteiger partial charge in [0.2, 0.25) is 23.6 Å². The molecular weight excluding hydrogens is 680 g/mol. The third-order valence-electron chi connectivity index (χ3n) is 8.46. The zero-order chi connectivity index (χ0) is 39.7. The molecule has 0 aliphatic rings. The molecule has 0 heterocycles. The molecule has 292 valence electrons. The predicted molar refractivity (Wildman–Crippen MR) is 203 cm³/mol. The Bertz CT molecular complexity index is 1540. The molecule has 11 N–H and O–H groups in total. The van der Waals surface area contributed by atoms with Gasteiger partial charge in [0.1, 0.15) is 29.5 Å². The fourth-order valence-corrected chi connectivity index (χ4v) is 5.65. The number of unbranched alkanes of at least 4 members (excludes halogenated alkanes) is 1. The van der Waals surface area contributed by atoms with E-state index in [0.717, 1.165) is 22.3 Å². The van der Waals surface area contributed by atoms with Crippen LogP contribution in [-0.4, -0.2) is 77.6 Å². The molecule has 53 heavy (non-hydrogen) atoms. The summed E-state index contributed by atoms with van der Waals surface area (Å²) < 4.78 is 5.27. The van der Waals surface area contributed by atoms with Gasteiger partial charge in [0, 0.05) is 31.8 Å². The molecule has 15 nitrogen and oxygen atoms in total. The molecule has 2 aromatic carbocycles. The molecule has 2 aromatic rings. The van der Waals surface area contributed by atoms with Crippen LogP contribution in [0.5, 0.6) is 5.75 Å². The summed E-state index contributed by atoms with van der Waals surface area (Å²) in [5.74, 6) is -2.98. The summed E-state index contributed by atoms with van der Waals surface area (Å²) in [7, 11) is 0. The van der Waals surface area contributed by atoms with Gasteiger partial charge in [-0.05, 0) is 101 Å². The highest BCUT2D eigenvalue weighted by Gasteiger charge is 2.31. The van der Waals surface area contributed by atoms with E-state index in [0.29, 0.717) is 32.2 Å². The Hall–Kier alpha value is -5.34. The van der Waals surface area contributed by atoms with E-state index in [-0.39, 0.29) is 43.4 Å². The zero-order valence-corrected chi connectivity index (χ0v) is 31.8. The molecule has 0 aliphatic carbocycles. The molecule has 0 fully saturated rings. The molecular formula is C38H58N8O7. The van der Waals surface area contributed by atoms with Crippen molar-refractivity contribution in [3.05, 3.63) is 64.7 Å². The topological polar surface area (TPSA) is 251 Å². The van der Waals surface area contributed by atoms with Crippen LogP contribution >= 0.6 is 0 Å². The van der Waals surface area contributed by atoms with Gasteiger partial charge in [-0.1, -0.05) is 37.3 Å². The maximum absolute atomic E-state index is 14.1. The lowest BCUT2D eigenvalue weighted by molar-refractivity contribution is -0.134. The highest BCUT2D eigenvalue weighted by molar-refractivity contribution is 5.94.